The Labute approximate surface area is 201 Å². The van der Waals surface area contributed by atoms with Gasteiger partial charge in [-0.05, 0) is 0 Å². The van der Waals surface area contributed by atoms with Gasteiger partial charge in [-0.15, -0.1) is 0 Å². The van der Waals surface area contributed by atoms with Gasteiger partial charge in [-0.3, -0.25) is 0 Å². The molecule has 176 valence electrons. The Morgan fingerprint density at radius 1 is 0.839 bits per heavy atom. The van der Waals surface area contributed by atoms with Crippen LogP contribution in [-0.4, -0.2) is 25.0 Å². The summed E-state index contributed by atoms with van der Waals surface area (Å²) >= 11 is 0.0444. The van der Waals surface area contributed by atoms with Crippen molar-refractivity contribution in [2.75, 3.05) is 6.61 Å². The van der Waals surface area contributed by atoms with E-state index in [0.29, 0.717) is 0 Å². The van der Waals surface area contributed by atoms with Crippen LogP contribution in [0.2, 0.25) is 14.8 Å². The zero-order valence-electron chi connectivity index (χ0n) is 21.4. The summed E-state index contributed by atoms with van der Waals surface area (Å²) in [4.78, 5) is 9.03. The molecule has 1 nitrogen and oxygen atoms in total. The fourth-order valence-electron chi connectivity index (χ4n) is 4.33. The topological polar surface area (TPSA) is 9.23 Å². The molecule has 0 aliphatic heterocycles. The van der Waals surface area contributed by atoms with Gasteiger partial charge in [0.1, 0.15) is 0 Å². The first-order valence-electron chi connectivity index (χ1n) is 13.0. The molecular formula is C28H48OSSn. The van der Waals surface area contributed by atoms with Crippen molar-refractivity contribution >= 4 is 38.2 Å². The standard InChI is InChI=1S/C25H39OS.3CH3.Sn/c1-4-5-6-7-8-9-10-11-12-13-14-15-17-26-24-20-21(2)19-23(24)25-22(3)16-18-27-25;;;;/h16,20H,4-15,17,19H2,1-3H3;3*1H3;. The van der Waals surface area contributed by atoms with Gasteiger partial charge < -0.3 is 0 Å². The molecular weight excluding hydrogens is 503 g/mol. The molecule has 31 heavy (non-hydrogen) atoms. The molecule has 1 aliphatic carbocycles. The fraction of sp³-hybridized carbons (Fsp3) is 0.714. The number of hydrogen-bond acceptors (Lipinski definition) is 2. The average molecular weight is 551 g/mol. The van der Waals surface area contributed by atoms with Crippen molar-refractivity contribution in [2.24, 2.45) is 0 Å². The van der Waals surface area contributed by atoms with Gasteiger partial charge >= 0.3 is 151 Å². The molecule has 2 rings (SSSR count). The van der Waals surface area contributed by atoms with Crippen LogP contribution >= 0.6 is 11.3 Å². The molecule has 0 radical (unpaired) electrons. The van der Waals surface area contributed by atoms with E-state index < -0.39 is 18.4 Å². The third kappa shape index (κ3) is 9.66. The second kappa shape index (κ2) is 14.1. The Hall–Kier alpha value is -0.221. The summed E-state index contributed by atoms with van der Waals surface area (Å²) in [7, 11) is 0. The van der Waals surface area contributed by atoms with Crippen molar-refractivity contribution < 1.29 is 4.74 Å². The van der Waals surface area contributed by atoms with Gasteiger partial charge in [0.05, 0.1) is 0 Å². The molecule has 0 bridgehead atoms. The summed E-state index contributed by atoms with van der Waals surface area (Å²) in [5.74, 6) is 1.15. The molecule has 0 atom stereocenters. The van der Waals surface area contributed by atoms with Crippen molar-refractivity contribution in [3.63, 3.8) is 0 Å². The summed E-state index contributed by atoms with van der Waals surface area (Å²) in [6, 6.07) is 2.47. The van der Waals surface area contributed by atoms with Crippen LogP contribution in [-0.2, 0) is 4.74 Å². The Kier molecular flexibility index (Phi) is 12.3. The molecule has 0 saturated carbocycles. The van der Waals surface area contributed by atoms with Gasteiger partial charge in [0.2, 0.25) is 0 Å². The van der Waals surface area contributed by atoms with Crippen LogP contribution in [0.15, 0.2) is 23.5 Å². The molecule has 0 N–H and O–H groups in total. The predicted octanol–water partition coefficient (Wildman–Crippen LogP) is 9.38. The zero-order valence-corrected chi connectivity index (χ0v) is 25.0. The van der Waals surface area contributed by atoms with Crippen LogP contribution in [0.5, 0.6) is 0 Å². The van der Waals surface area contributed by atoms with Crippen LogP contribution in [0, 0.1) is 6.92 Å². The normalized spacial score (nSPS) is 14.5. The average Bonchev–Trinajstić information content (AvgIpc) is 3.27. The van der Waals surface area contributed by atoms with Crippen LogP contribution in [0.1, 0.15) is 108 Å². The molecule has 1 aliphatic rings. The summed E-state index contributed by atoms with van der Waals surface area (Å²) in [6.45, 7) is 7.70. The zero-order chi connectivity index (χ0) is 22.7. The van der Waals surface area contributed by atoms with Gasteiger partial charge in [-0.25, -0.2) is 0 Å². The van der Waals surface area contributed by atoms with Crippen molar-refractivity contribution in [3.8, 4) is 0 Å². The summed E-state index contributed by atoms with van der Waals surface area (Å²) in [5.41, 5.74) is 4.34. The molecule has 1 heterocycles. The minimum atomic E-state index is -2.01. The SMILES string of the molecule is CCCCCCCCCCCCCCOC1=C(c2s[c]([Sn]([CH3])([CH3])[CH3])cc2C)CC(C)=C1. The second-order valence-corrected chi connectivity index (χ2v) is 27.1. The van der Waals surface area contributed by atoms with Gasteiger partial charge in [0.15, 0.2) is 0 Å². The van der Waals surface area contributed by atoms with Gasteiger partial charge in [0.25, 0.3) is 0 Å². The third-order valence-corrected chi connectivity index (χ3v) is 17.0. The molecule has 0 unspecified atom stereocenters. The van der Waals surface area contributed by atoms with E-state index in [-0.39, 0.29) is 0 Å². The van der Waals surface area contributed by atoms with Crippen LogP contribution in [0.3, 0.4) is 0 Å². The quantitative estimate of drug-likeness (QED) is 0.147. The van der Waals surface area contributed by atoms with E-state index in [9.17, 15) is 0 Å². The molecule has 1 aromatic heterocycles. The number of rotatable bonds is 16. The molecule has 0 fully saturated rings. The second-order valence-electron chi connectivity index (χ2n) is 10.6. The van der Waals surface area contributed by atoms with E-state index in [1.54, 1.807) is 2.89 Å². The third-order valence-electron chi connectivity index (χ3n) is 6.32. The monoisotopic (exact) mass is 552 g/mol. The van der Waals surface area contributed by atoms with Crippen molar-refractivity contribution in [1.82, 2.24) is 0 Å². The van der Waals surface area contributed by atoms with E-state index in [0.717, 1.165) is 18.8 Å². The van der Waals surface area contributed by atoms with E-state index in [1.807, 2.05) is 0 Å². The van der Waals surface area contributed by atoms with Gasteiger partial charge in [0, 0.05) is 0 Å². The Balaban J connectivity index is 1.67. The Bertz CT molecular complexity index is 720. The van der Waals surface area contributed by atoms with Crippen molar-refractivity contribution in [1.29, 1.82) is 0 Å². The number of thiophene rings is 1. The summed E-state index contributed by atoms with van der Waals surface area (Å²) < 4.78 is 7.99. The first kappa shape index (κ1) is 27.0. The van der Waals surface area contributed by atoms with Crippen molar-refractivity contribution in [3.05, 3.63) is 33.9 Å². The molecule has 1 aromatic rings. The van der Waals surface area contributed by atoms with Crippen LogP contribution < -0.4 is 2.89 Å². The van der Waals surface area contributed by atoms with Crippen LogP contribution in [0.4, 0.5) is 0 Å². The van der Waals surface area contributed by atoms with Gasteiger partial charge in [-0.1, -0.05) is 51.9 Å². The Morgan fingerprint density at radius 2 is 1.39 bits per heavy atom. The number of allylic oxidation sites excluding steroid dienone is 3. The summed E-state index contributed by atoms with van der Waals surface area (Å²) in [6.07, 6.45) is 20.0. The number of ether oxygens (including phenoxy) is 1. The molecule has 3 heteroatoms. The number of aryl methyl sites for hydroxylation is 1. The number of unbranched alkanes of at least 4 members (excludes halogenated alkanes) is 11. The van der Waals surface area contributed by atoms with E-state index >= 15 is 0 Å². The maximum absolute atomic E-state index is 6.31. The summed E-state index contributed by atoms with van der Waals surface area (Å²) in [5, 5.41) is 0. The fourth-order valence-corrected chi connectivity index (χ4v) is 11.0. The molecule has 0 aromatic carbocycles. The predicted molar refractivity (Wildman–Crippen MR) is 144 cm³/mol. The van der Waals surface area contributed by atoms with E-state index in [2.05, 4.69) is 59.1 Å². The first-order valence-corrected chi connectivity index (χ1v) is 23.8. The molecule has 0 amide bonds. The van der Waals surface area contributed by atoms with E-state index in [1.165, 1.54) is 98.6 Å². The van der Waals surface area contributed by atoms with E-state index in [4.69, 9.17) is 4.74 Å². The first-order chi connectivity index (χ1) is 14.8. The molecule has 0 spiro atoms. The number of hydrogen-bond donors (Lipinski definition) is 0. The van der Waals surface area contributed by atoms with Crippen molar-refractivity contribution in [2.45, 2.75) is 119 Å². The molecule has 0 saturated heterocycles. The minimum absolute atomic E-state index is 0.871. The Morgan fingerprint density at radius 3 is 1.90 bits per heavy atom. The van der Waals surface area contributed by atoms with Crippen LogP contribution in [0.25, 0.3) is 5.57 Å². The van der Waals surface area contributed by atoms with Gasteiger partial charge in [-0.2, -0.15) is 0 Å². The maximum atomic E-state index is 6.31.